The first-order valence-corrected chi connectivity index (χ1v) is 8.93. The van der Waals surface area contributed by atoms with Crippen molar-refractivity contribution in [1.29, 1.82) is 0 Å². The summed E-state index contributed by atoms with van der Waals surface area (Å²) in [5.41, 5.74) is -0.153. The maximum atomic E-state index is 14.2. The number of carbonyl (C=O) groups is 1. The van der Waals surface area contributed by atoms with Gasteiger partial charge in [0.25, 0.3) is 0 Å². The smallest absolute Gasteiger partial charge is 0.399 e. The fourth-order valence-electron chi connectivity index (χ4n) is 2.92. The average molecular weight is 364 g/mol. The predicted octanol–water partition coefficient (Wildman–Crippen LogP) is 1.40. The summed E-state index contributed by atoms with van der Waals surface area (Å²) in [6.07, 6.45) is 0. The summed E-state index contributed by atoms with van der Waals surface area (Å²) in [5.74, 6) is -0.738. The van der Waals surface area contributed by atoms with Crippen molar-refractivity contribution in [3.8, 4) is 0 Å². The molecule has 26 heavy (non-hydrogen) atoms. The quantitative estimate of drug-likeness (QED) is 0.819. The van der Waals surface area contributed by atoms with Crippen LogP contribution in [0.25, 0.3) is 0 Å². The van der Waals surface area contributed by atoms with Gasteiger partial charge < -0.3 is 19.4 Å². The van der Waals surface area contributed by atoms with Gasteiger partial charge in [0.05, 0.1) is 36.6 Å². The van der Waals surface area contributed by atoms with Crippen LogP contribution in [0.1, 0.15) is 27.7 Å². The van der Waals surface area contributed by atoms with Gasteiger partial charge in [0, 0.05) is 13.1 Å². The van der Waals surface area contributed by atoms with Gasteiger partial charge in [-0.1, -0.05) is 6.07 Å². The van der Waals surface area contributed by atoms with Gasteiger partial charge in [-0.15, -0.1) is 0 Å². The lowest BCUT2D eigenvalue weighted by molar-refractivity contribution is -0.118. The highest BCUT2D eigenvalue weighted by Crippen LogP contribution is 2.36. The van der Waals surface area contributed by atoms with E-state index in [-0.39, 0.29) is 18.1 Å². The molecule has 0 saturated carbocycles. The molecule has 2 aliphatic heterocycles. The van der Waals surface area contributed by atoms with E-state index in [0.717, 1.165) is 0 Å². The Labute approximate surface area is 154 Å². The van der Waals surface area contributed by atoms with Crippen LogP contribution >= 0.6 is 0 Å². The van der Waals surface area contributed by atoms with Crippen LogP contribution in [0.5, 0.6) is 0 Å². The Morgan fingerprint density at radius 2 is 1.81 bits per heavy atom. The molecule has 0 bridgehead atoms. The van der Waals surface area contributed by atoms with E-state index in [1.54, 1.807) is 12.1 Å². The lowest BCUT2D eigenvalue weighted by Crippen LogP contribution is -2.41. The molecule has 0 radical (unpaired) electrons. The number of ether oxygens (including phenoxy) is 1. The minimum atomic E-state index is -0.601. The van der Waals surface area contributed by atoms with Crippen molar-refractivity contribution in [2.45, 2.75) is 38.9 Å². The van der Waals surface area contributed by atoms with Crippen LogP contribution < -0.4 is 10.8 Å². The fourth-order valence-corrected chi connectivity index (χ4v) is 2.92. The lowest BCUT2D eigenvalue weighted by Gasteiger charge is -2.32. The summed E-state index contributed by atoms with van der Waals surface area (Å²) in [6, 6.07) is 4.52. The number of hydrogen-bond donors (Lipinski definition) is 1. The van der Waals surface area contributed by atoms with Crippen molar-refractivity contribution >= 4 is 24.2 Å². The van der Waals surface area contributed by atoms with Crippen LogP contribution in [0.4, 0.5) is 10.1 Å². The highest BCUT2D eigenvalue weighted by atomic mass is 19.1. The second-order valence-electron chi connectivity index (χ2n) is 7.76. The van der Waals surface area contributed by atoms with Crippen LogP contribution in [-0.2, 0) is 18.8 Å². The molecule has 3 rings (SSSR count). The number of nitrogens with one attached hydrogen (secondary N) is 1. The van der Waals surface area contributed by atoms with Crippen molar-refractivity contribution in [3.63, 3.8) is 0 Å². The van der Waals surface area contributed by atoms with Crippen LogP contribution in [0.3, 0.4) is 0 Å². The third kappa shape index (κ3) is 4.09. The van der Waals surface area contributed by atoms with Crippen molar-refractivity contribution in [2.75, 3.05) is 38.2 Å². The Kier molecular flexibility index (Phi) is 5.39. The Morgan fingerprint density at radius 1 is 1.19 bits per heavy atom. The molecule has 2 heterocycles. The molecular weight excluding hydrogens is 338 g/mol. The summed E-state index contributed by atoms with van der Waals surface area (Å²) < 4.78 is 31.4. The second-order valence-corrected chi connectivity index (χ2v) is 7.76. The number of morpholine rings is 1. The molecule has 1 aromatic carbocycles. The van der Waals surface area contributed by atoms with E-state index in [1.165, 1.54) is 6.07 Å². The summed E-state index contributed by atoms with van der Waals surface area (Å²) in [5, 5.41) is 2.66. The van der Waals surface area contributed by atoms with Gasteiger partial charge in [0.2, 0.25) is 5.91 Å². The predicted molar refractivity (Wildman–Crippen MR) is 98.0 cm³/mol. The fraction of sp³-hybridized carbons (Fsp3) is 0.611. The SMILES string of the molecule is CC1(C)OB(c2ccc(F)c(NC(=O)CN3CCOCC3)c2)OC1(C)C. The lowest BCUT2D eigenvalue weighted by atomic mass is 9.79. The molecule has 1 aromatic rings. The van der Waals surface area contributed by atoms with Gasteiger partial charge in [-0.05, 0) is 45.3 Å². The van der Waals surface area contributed by atoms with Crippen LogP contribution in [0.15, 0.2) is 18.2 Å². The molecule has 1 N–H and O–H groups in total. The minimum absolute atomic E-state index is 0.135. The molecule has 2 fully saturated rings. The van der Waals surface area contributed by atoms with Crippen LogP contribution in [-0.4, -0.2) is 62.0 Å². The normalized spacial score (nSPS) is 22.4. The van der Waals surface area contributed by atoms with Gasteiger partial charge >= 0.3 is 7.12 Å². The third-order valence-electron chi connectivity index (χ3n) is 5.26. The average Bonchev–Trinajstić information content (AvgIpc) is 2.78. The zero-order valence-corrected chi connectivity index (χ0v) is 15.8. The van der Waals surface area contributed by atoms with E-state index in [1.807, 2.05) is 32.6 Å². The minimum Gasteiger partial charge on any atom is -0.399 e. The molecular formula is C18H26BFN2O4. The van der Waals surface area contributed by atoms with Gasteiger partial charge in [-0.25, -0.2) is 4.39 Å². The molecule has 0 aromatic heterocycles. The number of rotatable bonds is 4. The van der Waals surface area contributed by atoms with Gasteiger partial charge in [0.1, 0.15) is 5.82 Å². The number of nitrogens with zero attached hydrogens (tertiary/aromatic N) is 1. The second kappa shape index (κ2) is 7.27. The van der Waals surface area contributed by atoms with E-state index in [2.05, 4.69) is 5.32 Å². The molecule has 0 aliphatic carbocycles. The van der Waals surface area contributed by atoms with Gasteiger partial charge in [0.15, 0.2) is 0 Å². The molecule has 1 amide bonds. The van der Waals surface area contributed by atoms with Crippen molar-refractivity contribution in [3.05, 3.63) is 24.0 Å². The maximum Gasteiger partial charge on any atom is 0.494 e. The number of hydrogen-bond acceptors (Lipinski definition) is 5. The first-order valence-electron chi connectivity index (χ1n) is 8.93. The monoisotopic (exact) mass is 364 g/mol. The zero-order chi connectivity index (χ0) is 18.9. The molecule has 0 unspecified atom stereocenters. The Bertz CT molecular complexity index is 661. The van der Waals surface area contributed by atoms with E-state index in [0.29, 0.717) is 31.8 Å². The number of amides is 1. The first kappa shape index (κ1) is 19.3. The number of benzene rings is 1. The van der Waals surface area contributed by atoms with E-state index in [9.17, 15) is 9.18 Å². The van der Waals surface area contributed by atoms with Crippen molar-refractivity contribution < 1.29 is 23.2 Å². The van der Waals surface area contributed by atoms with E-state index >= 15 is 0 Å². The summed E-state index contributed by atoms with van der Waals surface area (Å²) in [4.78, 5) is 14.2. The molecule has 0 spiro atoms. The largest absolute Gasteiger partial charge is 0.494 e. The number of carbonyl (C=O) groups excluding carboxylic acids is 1. The Balaban J connectivity index is 1.69. The molecule has 0 atom stereocenters. The third-order valence-corrected chi connectivity index (χ3v) is 5.26. The molecule has 2 saturated heterocycles. The number of halogens is 1. The van der Waals surface area contributed by atoms with E-state index < -0.39 is 24.1 Å². The van der Waals surface area contributed by atoms with Crippen molar-refractivity contribution in [1.82, 2.24) is 4.90 Å². The highest BCUT2D eigenvalue weighted by Gasteiger charge is 2.51. The molecule has 2 aliphatic rings. The maximum absolute atomic E-state index is 14.2. The van der Waals surface area contributed by atoms with Crippen LogP contribution in [0.2, 0.25) is 0 Å². The Morgan fingerprint density at radius 3 is 2.42 bits per heavy atom. The van der Waals surface area contributed by atoms with Crippen LogP contribution in [0, 0.1) is 5.82 Å². The van der Waals surface area contributed by atoms with E-state index in [4.69, 9.17) is 14.0 Å². The summed E-state index contributed by atoms with van der Waals surface area (Å²) in [7, 11) is -0.601. The standard InChI is InChI=1S/C18H26BFN2O4/c1-17(2)18(3,4)26-19(25-17)13-5-6-14(20)15(11-13)21-16(23)12-22-7-9-24-10-8-22/h5-6,11H,7-10,12H2,1-4H3,(H,21,23). The topological polar surface area (TPSA) is 60.0 Å². The van der Waals surface area contributed by atoms with Crippen molar-refractivity contribution in [2.24, 2.45) is 0 Å². The number of anilines is 1. The first-order chi connectivity index (χ1) is 12.2. The molecule has 142 valence electrons. The summed E-state index contributed by atoms with van der Waals surface area (Å²) >= 11 is 0. The summed E-state index contributed by atoms with van der Waals surface area (Å²) in [6.45, 7) is 10.7. The van der Waals surface area contributed by atoms with Gasteiger partial charge in [-0.2, -0.15) is 0 Å². The highest BCUT2D eigenvalue weighted by molar-refractivity contribution is 6.62. The zero-order valence-electron chi connectivity index (χ0n) is 15.8. The molecule has 6 nitrogen and oxygen atoms in total. The van der Waals surface area contributed by atoms with Gasteiger partial charge in [-0.3, -0.25) is 9.69 Å². The molecule has 8 heteroatoms. The Hall–Kier alpha value is -1.48.